The second kappa shape index (κ2) is 5.26. The highest BCUT2D eigenvalue weighted by Crippen LogP contribution is 2.32. The molecule has 0 saturated heterocycles. The number of benzene rings is 2. The first kappa shape index (κ1) is 13.7. The highest BCUT2D eigenvalue weighted by molar-refractivity contribution is 8.18. The predicted molar refractivity (Wildman–Crippen MR) is 90.5 cm³/mol. The molecule has 2 aromatic rings. The van der Waals surface area contributed by atoms with Crippen LogP contribution in [0.25, 0.3) is 16.8 Å². The van der Waals surface area contributed by atoms with E-state index >= 15 is 0 Å². The molecule has 0 saturated carbocycles. The summed E-state index contributed by atoms with van der Waals surface area (Å²) >= 11 is 1.22. The van der Waals surface area contributed by atoms with Gasteiger partial charge in [0.25, 0.3) is 5.91 Å². The topological polar surface area (TPSA) is 58.7 Å². The average Bonchev–Trinajstić information content (AvgIpc) is 2.77. The zero-order valence-corrected chi connectivity index (χ0v) is 12.6. The quantitative estimate of drug-likeness (QED) is 0.866. The van der Waals surface area contributed by atoms with Gasteiger partial charge in [0.1, 0.15) is 0 Å². The van der Waals surface area contributed by atoms with Crippen molar-refractivity contribution in [1.29, 1.82) is 0 Å². The van der Waals surface area contributed by atoms with Gasteiger partial charge in [-0.15, -0.1) is 0 Å². The van der Waals surface area contributed by atoms with Crippen molar-refractivity contribution in [3.8, 4) is 0 Å². The Hall–Kier alpha value is -2.27. The number of anilines is 1. The maximum Gasteiger partial charge on any atom is 0.286 e. The lowest BCUT2D eigenvalue weighted by atomic mass is 10.0. The van der Waals surface area contributed by atoms with Gasteiger partial charge in [-0.3, -0.25) is 4.79 Å². The molecule has 0 aromatic heterocycles. The minimum Gasteiger partial charge on any atom is -0.378 e. The van der Waals surface area contributed by atoms with Gasteiger partial charge in [0.05, 0.1) is 4.91 Å². The fourth-order valence-electron chi connectivity index (χ4n) is 2.39. The number of hydrogen-bond donors (Lipinski definition) is 1. The molecule has 5 heteroatoms. The molecule has 1 aliphatic rings. The first-order valence-electron chi connectivity index (χ1n) is 6.53. The molecule has 1 amide bonds. The van der Waals surface area contributed by atoms with Crippen LogP contribution in [0.4, 0.5) is 5.69 Å². The average molecular weight is 297 g/mol. The predicted octanol–water partition coefficient (Wildman–Crippen LogP) is 2.83. The molecule has 0 aliphatic carbocycles. The van der Waals surface area contributed by atoms with Gasteiger partial charge in [-0.1, -0.05) is 30.3 Å². The second-order valence-electron chi connectivity index (χ2n) is 4.98. The minimum atomic E-state index is -0.265. The van der Waals surface area contributed by atoms with Crippen LogP contribution in [0, 0.1) is 0 Å². The van der Waals surface area contributed by atoms with Crippen molar-refractivity contribution in [3.05, 3.63) is 46.9 Å². The summed E-state index contributed by atoms with van der Waals surface area (Å²) in [4.78, 5) is 18.1. The third kappa shape index (κ3) is 2.52. The maximum absolute atomic E-state index is 11.7. The third-order valence-electron chi connectivity index (χ3n) is 3.34. The Bertz CT molecular complexity index is 793. The third-order valence-corrected chi connectivity index (χ3v) is 4.15. The van der Waals surface area contributed by atoms with Crippen LogP contribution in [0.5, 0.6) is 0 Å². The van der Waals surface area contributed by atoms with Crippen LogP contribution in [0.1, 0.15) is 5.56 Å². The molecule has 21 heavy (non-hydrogen) atoms. The molecule has 2 aromatic carbocycles. The number of amides is 1. The summed E-state index contributed by atoms with van der Waals surface area (Å²) in [7, 11) is 4.04. The molecule has 0 atom stereocenters. The molecule has 0 unspecified atom stereocenters. The van der Waals surface area contributed by atoms with E-state index in [1.807, 2.05) is 38.4 Å². The number of carbonyl (C=O) groups excluding carboxylic acids is 1. The normalized spacial score (nSPS) is 16.6. The Kier molecular flexibility index (Phi) is 3.43. The summed E-state index contributed by atoms with van der Waals surface area (Å²) in [5, 5.41) is 2.57. The van der Waals surface area contributed by atoms with Gasteiger partial charge in [0, 0.05) is 25.2 Å². The van der Waals surface area contributed by atoms with Crippen LogP contribution in [0.3, 0.4) is 0 Å². The van der Waals surface area contributed by atoms with Crippen LogP contribution in [-0.4, -0.2) is 25.2 Å². The Balaban J connectivity index is 2.15. The molecule has 2 N–H and O–H groups in total. The van der Waals surface area contributed by atoms with Crippen molar-refractivity contribution in [2.75, 3.05) is 19.0 Å². The highest BCUT2D eigenvalue weighted by Gasteiger charge is 2.19. The van der Waals surface area contributed by atoms with E-state index in [4.69, 9.17) is 5.73 Å². The van der Waals surface area contributed by atoms with Crippen molar-refractivity contribution in [2.24, 2.45) is 10.7 Å². The minimum absolute atomic E-state index is 0.265. The fourth-order valence-corrected chi connectivity index (χ4v) is 3.06. The van der Waals surface area contributed by atoms with Crippen LogP contribution in [0.15, 0.2) is 46.3 Å². The van der Waals surface area contributed by atoms with E-state index in [0.717, 1.165) is 22.0 Å². The monoisotopic (exact) mass is 297 g/mol. The number of carbonyl (C=O) groups is 1. The zero-order valence-electron chi connectivity index (χ0n) is 11.8. The van der Waals surface area contributed by atoms with Crippen LogP contribution in [-0.2, 0) is 4.79 Å². The van der Waals surface area contributed by atoms with Crippen molar-refractivity contribution in [3.63, 3.8) is 0 Å². The smallest absolute Gasteiger partial charge is 0.286 e. The first-order valence-corrected chi connectivity index (χ1v) is 7.35. The Morgan fingerprint density at radius 2 is 1.86 bits per heavy atom. The van der Waals surface area contributed by atoms with Gasteiger partial charge < -0.3 is 10.6 Å². The number of thioether (sulfide) groups is 1. The molecule has 0 bridgehead atoms. The van der Waals surface area contributed by atoms with Crippen molar-refractivity contribution in [1.82, 2.24) is 0 Å². The summed E-state index contributed by atoms with van der Waals surface area (Å²) in [5.41, 5.74) is 7.73. The van der Waals surface area contributed by atoms with Crippen LogP contribution < -0.4 is 10.6 Å². The molecular formula is C16H15N3OS. The lowest BCUT2D eigenvalue weighted by Crippen LogP contribution is -2.09. The molecule has 1 aliphatic heterocycles. The van der Waals surface area contributed by atoms with Crippen molar-refractivity contribution >= 4 is 45.4 Å². The summed E-state index contributed by atoms with van der Waals surface area (Å²) in [6.07, 6.45) is 1.86. The standard InChI is InChI=1S/C16H15N3OS/c1-19(2)13-8-7-10(11-5-3-4-6-12(11)13)9-14-15(20)18-16(17)21-14/h3-9H,1-2H3,(H2,17,18,20). The van der Waals surface area contributed by atoms with Gasteiger partial charge in [0.2, 0.25) is 0 Å². The van der Waals surface area contributed by atoms with E-state index in [1.165, 1.54) is 11.8 Å². The first-order chi connectivity index (χ1) is 10.1. The number of nitrogens with two attached hydrogens (primary N) is 1. The van der Waals surface area contributed by atoms with Gasteiger partial charge >= 0.3 is 0 Å². The lowest BCUT2D eigenvalue weighted by Gasteiger charge is -2.16. The summed E-state index contributed by atoms with van der Waals surface area (Å²) < 4.78 is 0. The molecule has 3 rings (SSSR count). The van der Waals surface area contributed by atoms with E-state index in [1.54, 1.807) is 0 Å². The van der Waals surface area contributed by atoms with Gasteiger partial charge in [-0.25, -0.2) is 0 Å². The summed E-state index contributed by atoms with van der Waals surface area (Å²) in [6, 6.07) is 12.2. The second-order valence-corrected chi connectivity index (χ2v) is 6.04. The summed E-state index contributed by atoms with van der Waals surface area (Å²) in [6.45, 7) is 0. The molecule has 0 radical (unpaired) electrons. The van der Waals surface area contributed by atoms with E-state index in [0.29, 0.717) is 10.1 Å². The molecule has 1 heterocycles. The number of fused-ring (bicyclic) bond motifs is 1. The lowest BCUT2D eigenvalue weighted by molar-refractivity contribution is -0.113. The largest absolute Gasteiger partial charge is 0.378 e. The number of amidine groups is 1. The van der Waals surface area contributed by atoms with Crippen LogP contribution >= 0.6 is 11.8 Å². The Morgan fingerprint density at radius 1 is 1.14 bits per heavy atom. The Morgan fingerprint density at radius 3 is 2.48 bits per heavy atom. The maximum atomic E-state index is 11.7. The molecule has 0 fully saturated rings. The fraction of sp³-hybridized carbons (Fsp3) is 0.125. The summed E-state index contributed by atoms with van der Waals surface area (Å²) in [5.74, 6) is -0.265. The Labute approximate surface area is 127 Å². The number of nitrogens with zero attached hydrogens (tertiary/aromatic N) is 2. The molecule has 4 nitrogen and oxygen atoms in total. The van der Waals surface area contributed by atoms with E-state index in [9.17, 15) is 4.79 Å². The van der Waals surface area contributed by atoms with E-state index in [2.05, 4.69) is 28.1 Å². The number of rotatable bonds is 2. The SMILES string of the molecule is CN(C)c1ccc(C=C2SC(N)=NC2=O)c2ccccc12. The van der Waals surface area contributed by atoms with E-state index in [-0.39, 0.29) is 5.91 Å². The number of aliphatic imine (C=N–C) groups is 1. The molecule has 106 valence electrons. The number of hydrogen-bond acceptors (Lipinski definition) is 4. The molecular weight excluding hydrogens is 282 g/mol. The zero-order chi connectivity index (χ0) is 15.0. The van der Waals surface area contributed by atoms with Gasteiger partial charge in [0.15, 0.2) is 5.17 Å². The molecule has 0 spiro atoms. The van der Waals surface area contributed by atoms with Gasteiger partial charge in [-0.2, -0.15) is 4.99 Å². The highest BCUT2D eigenvalue weighted by atomic mass is 32.2. The van der Waals surface area contributed by atoms with Crippen LogP contribution in [0.2, 0.25) is 0 Å². The van der Waals surface area contributed by atoms with E-state index < -0.39 is 0 Å². The van der Waals surface area contributed by atoms with Crippen molar-refractivity contribution in [2.45, 2.75) is 0 Å². The van der Waals surface area contributed by atoms with Crippen molar-refractivity contribution < 1.29 is 4.79 Å². The van der Waals surface area contributed by atoms with Gasteiger partial charge in [-0.05, 0) is 34.9 Å².